The molecule has 22 heavy (non-hydrogen) atoms. The summed E-state index contributed by atoms with van der Waals surface area (Å²) < 4.78 is 5.70. The number of rotatable bonds is 4. The van der Waals surface area contributed by atoms with Gasteiger partial charge >= 0.3 is 6.03 Å². The number of carbonyl (C=O) groups is 1. The van der Waals surface area contributed by atoms with Gasteiger partial charge in [0.1, 0.15) is 11.9 Å². The Bertz CT molecular complexity index is 512. The lowest BCUT2D eigenvalue weighted by atomic mass is 9.96. The van der Waals surface area contributed by atoms with Crippen LogP contribution in [0.25, 0.3) is 0 Å². The van der Waals surface area contributed by atoms with E-state index in [-0.39, 0.29) is 18.1 Å². The number of likely N-dealkylation sites (tertiary alicyclic amines) is 1. The van der Waals surface area contributed by atoms with Crippen LogP contribution in [0.2, 0.25) is 5.02 Å². The summed E-state index contributed by atoms with van der Waals surface area (Å²) in [6.07, 6.45) is 0.207. The maximum absolute atomic E-state index is 12.1. The van der Waals surface area contributed by atoms with Gasteiger partial charge in [-0.05, 0) is 37.5 Å². The van der Waals surface area contributed by atoms with Crippen molar-refractivity contribution in [2.24, 2.45) is 5.92 Å². The minimum atomic E-state index is -0.445. The summed E-state index contributed by atoms with van der Waals surface area (Å²) in [5.74, 6) is 0.922. The smallest absolute Gasteiger partial charge is 0.317 e. The number of carbonyl (C=O) groups excluding carboxylic acids is 1. The number of amides is 2. The summed E-state index contributed by atoms with van der Waals surface area (Å²) in [4.78, 5) is 13.7. The monoisotopic (exact) mass is 326 g/mol. The second kappa shape index (κ2) is 7.70. The number of hydrogen-bond acceptors (Lipinski definition) is 3. The molecular weight excluding hydrogens is 304 g/mol. The maximum Gasteiger partial charge on any atom is 0.317 e. The molecule has 3 unspecified atom stereocenters. The number of aliphatic hydroxyl groups excluding tert-OH is 1. The largest absolute Gasteiger partial charge is 0.489 e. The van der Waals surface area contributed by atoms with Crippen LogP contribution >= 0.6 is 11.6 Å². The number of nitrogens with one attached hydrogen (secondary N) is 1. The van der Waals surface area contributed by atoms with Gasteiger partial charge in [-0.25, -0.2) is 4.79 Å². The van der Waals surface area contributed by atoms with E-state index >= 15 is 0 Å². The fraction of sp³-hybridized carbons (Fsp3) is 0.562. The third-order valence-electron chi connectivity index (χ3n) is 3.88. The SMILES string of the molecule is CC(CNC(=O)N1CCC(C)C(O)C1)Oc1cccc(Cl)c1. The molecule has 1 aromatic carbocycles. The van der Waals surface area contributed by atoms with E-state index in [1.807, 2.05) is 26.0 Å². The molecule has 1 saturated heterocycles. The highest BCUT2D eigenvalue weighted by Gasteiger charge is 2.27. The van der Waals surface area contributed by atoms with Crippen molar-refractivity contribution in [2.45, 2.75) is 32.5 Å². The molecule has 1 aromatic rings. The molecule has 5 nitrogen and oxygen atoms in total. The fourth-order valence-corrected chi connectivity index (χ4v) is 2.57. The summed E-state index contributed by atoms with van der Waals surface area (Å²) in [7, 11) is 0. The van der Waals surface area contributed by atoms with Crippen LogP contribution in [0.15, 0.2) is 24.3 Å². The topological polar surface area (TPSA) is 61.8 Å². The van der Waals surface area contributed by atoms with Gasteiger partial charge in [0, 0.05) is 18.1 Å². The minimum Gasteiger partial charge on any atom is -0.489 e. The predicted molar refractivity (Wildman–Crippen MR) is 86.3 cm³/mol. The van der Waals surface area contributed by atoms with Crippen LogP contribution in [0, 0.1) is 5.92 Å². The first-order valence-corrected chi connectivity index (χ1v) is 7.96. The van der Waals surface area contributed by atoms with Crippen molar-refractivity contribution in [3.8, 4) is 5.75 Å². The van der Waals surface area contributed by atoms with Crippen LogP contribution in [0.4, 0.5) is 4.79 Å². The Hall–Kier alpha value is -1.46. The average molecular weight is 327 g/mol. The average Bonchev–Trinajstić information content (AvgIpc) is 2.47. The first kappa shape index (κ1) is 16.9. The normalized spacial score (nSPS) is 23.0. The number of benzene rings is 1. The fourth-order valence-electron chi connectivity index (χ4n) is 2.39. The number of halogens is 1. The van der Waals surface area contributed by atoms with E-state index in [4.69, 9.17) is 16.3 Å². The van der Waals surface area contributed by atoms with E-state index < -0.39 is 6.10 Å². The van der Waals surface area contributed by atoms with Gasteiger partial charge in [-0.3, -0.25) is 0 Å². The molecule has 1 aliphatic rings. The minimum absolute atomic E-state index is 0.160. The summed E-state index contributed by atoms with van der Waals surface area (Å²) in [6, 6.07) is 7.00. The highest BCUT2D eigenvalue weighted by molar-refractivity contribution is 6.30. The van der Waals surface area contributed by atoms with E-state index in [1.54, 1.807) is 17.0 Å². The zero-order valence-corrected chi connectivity index (χ0v) is 13.7. The molecule has 0 aromatic heterocycles. The molecule has 6 heteroatoms. The van der Waals surface area contributed by atoms with Crippen molar-refractivity contribution in [2.75, 3.05) is 19.6 Å². The Morgan fingerprint density at radius 1 is 1.59 bits per heavy atom. The molecular formula is C16H23ClN2O3. The van der Waals surface area contributed by atoms with Crippen LogP contribution in [0.5, 0.6) is 5.75 Å². The number of aliphatic hydroxyl groups is 1. The van der Waals surface area contributed by atoms with Crippen LogP contribution in [0.3, 0.4) is 0 Å². The van der Waals surface area contributed by atoms with Gasteiger partial charge in [-0.15, -0.1) is 0 Å². The molecule has 0 radical (unpaired) electrons. The zero-order chi connectivity index (χ0) is 16.1. The van der Waals surface area contributed by atoms with Gasteiger partial charge in [0.05, 0.1) is 12.6 Å². The second-order valence-corrected chi connectivity index (χ2v) is 6.29. The first-order chi connectivity index (χ1) is 10.5. The van der Waals surface area contributed by atoms with E-state index in [9.17, 15) is 9.90 Å². The number of ether oxygens (including phenoxy) is 1. The van der Waals surface area contributed by atoms with Crippen LogP contribution < -0.4 is 10.1 Å². The summed E-state index contributed by atoms with van der Waals surface area (Å²) in [5.41, 5.74) is 0. The second-order valence-electron chi connectivity index (χ2n) is 5.85. The van der Waals surface area contributed by atoms with Crippen LogP contribution in [-0.4, -0.2) is 47.9 Å². The van der Waals surface area contributed by atoms with Crippen molar-refractivity contribution in [3.63, 3.8) is 0 Å². The number of β-amino-alcohol motifs (C(OH)–C–C–N with tert-alkyl or cyclic N) is 1. The molecule has 2 N–H and O–H groups in total. The molecule has 0 spiro atoms. The molecule has 0 bridgehead atoms. The lowest BCUT2D eigenvalue weighted by Crippen LogP contribution is -2.50. The Labute approximate surface area is 136 Å². The van der Waals surface area contributed by atoms with Crippen LogP contribution in [0.1, 0.15) is 20.3 Å². The van der Waals surface area contributed by atoms with Crippen molar-refractivity contribution < 1.29 is 14.6 Å². The van der Waals surface area contributed by atoms with E-state index in [1.165, 1.54) is 0 Å². The quantitative estimate of drug-likeness (QED) is 0.893. The summed E-state index contributed by atoms with van der Waals surface area (Å²) in [5, 5.41) is 13.3. The van der Waals surface area contributed by atoms with Crippen molar-refractivity contribution in [1.29, 1.82) is 0 Å². The zero-order valence-electron chi connectivity index (χ0n) is 13.0. The third kappa shape index (κ3) is 4.78. The highest BCUT2D eigenvalue weighted by atomic mass is 35.5. The van der Waals surface area contributed by atoms with E-state index in [2.05, 4.69) is 5.32 Å². The number of nitrogens with zero attached hydrogens (tertiary/aromatic N) is 1. The Kier molecular flexibility index (Phi) is 5.91. The number of urea groups is 1. The summed E-state index contributed by atoms with van der Waals surface area (Å²) in [6.45, 7) is 5.34. The molecule has 3 atom stereocenters. The lowest BCUT2D eigenvalue weighted by molar-refractivity contribution is 0.0431. The maximum atomic E-state index is 12.1. The van der Waals surface area contributed by atoms with E-state index in [0.29, 0.717) is 30.4 Å². The van der Waals surface area contributed by atoms with Crippen LogP contribution in [-0.2, 0) is 0 Å². The van der Waals surface area contributed by atoms with Gasteiger partial charge in [0.2, 0.25) is 0 Å². The molecule has 0 saturated carbocycles. The van der Waals surface area contributed by atoms with Gasteiger partial charge in [0.25, 0.3) is 0 Å². The lowest BCUT2D eigenvalue weighted by Gasteiger charge is -2.34. The van der Waals surface area contributed by atoms with Crippen molar-refractivity contribution in [1.82, 2.24) is 10.2 Å². The third-order valence-corrected chi connectivity index (χ3v) is 4.12. The highest BCUT2D eigenvalue weighted by Crippen LogP contribution is 2.19. The Balaban J connectivity index is 1.76. The molecule has 1 heterocycles. The molecule has 0 aliphatic carbocycles. The molecule has 1 aliphatic heterocycles. The molecule has 122 valence electrons. The summed E-state index contributed by atoms with van der Waals surface area (Å²) >= 11 is 5.90. The number of piperidine rings is 1. The molecule has 1 fully saturated rings. The van der Waals surface area contributed by atoms with Gasteiger partial charge in [-0.1, -0.05) is 24.6 Å². The Morgan fingerprint density at radius 3 is 3.05 bits per heavy atom. The molecule has 2 rings (SSSR count). The Morgan fingerprint density at radius 2 is 2.36 bits per heavy atom. The first-order valence-electron chi connectivity index (χ1n) is 7.58. The van der Waals surface area contributed by atoms with Gasteiger partial charge < -0.3 is 20.1 Å². The van der Waals surface area contributed by atoms with Gasteiger partial charge in [-0.2, -0.15) is 0 Å². The van der Waals surface area contributed by atoms with E-state index in [0.717, 1.165) is 6.42 Å². The van der Waals surface area contributed by atoms with Crippen molar-refractivity contribution in [3.05, 3.63) is 29.3 Å². The predicted octanol–water partition coefficient (Wildman–Crippen LogP) is 2.52. The van der Waals surface area contributed by atoms with Gasteiger partial charge in [0.15, 0.2) is 0 Å². The molecule has 2 amide bonds. The standard InChI is InChI=1S/C16H23ClN2O3/c1-11-6-7-19(10-15(11)20)16(21)18-9-12(2)22-14-5-3-4-13(17)8-14/h3-5,8,11-12,15,20H,6-7,9-10H2,1-2H3,(H,18,21). The number of hydrogen-bond donors (Lipinski definition) is 2. The van der Waals surface area contributed by atoms with Crippen molar-refractivity contribution >= 4 is 17.6 Å².